The van der Waals surface area contributed by atoms with Crippen molar-refractivity contribution in [1.29, 1.82) is 0 Å². The van der Waals surface area contributed by atoms with Crippen molar-refractivity contribution in [3.8, 4) is 0 Å². The average Bonchev–Trinajstić information content (AvgIpc) is 2.71. The van der Waals surface area contributed by atoms with Crippen molar-refractivity contribution < 1.29 is 9.53 Å². The van der Waals surface area contributed by atoms with Crippen molar-refractivity contribution in [3.05, 3.63) is 0 Å². The number of nitrogens with two attached hydrogens (primary N) is 1. The van der Waals surface area contributed by atoms with E-state index in [-0.39, 0.29) is 17.4 Å². The molecular weight excluding hydrogens is 254 g/mol. The minimum Gasteiger partial charge on any atom is -0.374 e. The van der Waals surface area contributed by atoms with E-state index in [1.54, 1.807) is 0 Å². The van der Waals surface area contributed by atoms with Crippen LogP contribution in [0.2, 0.25) is 0 Å². The molecule has 2 aliphatic rings. The van der Waals surface area contributed by atoms with E-state index in [1.165, 1.54) is 12.8 Å². The van der Waals surface area contributed by atoms with Crippen LogP contribution < -0.4 is 11.1 Å². The van der Waals surface area contributed by atoms with Gasteiger partial charge in [0.05, 0.1) is 18.1 Å². The Morgan fingerprint density at radius 3 is 2.65 bits per heavy atom. The molecule has 0 bridgehead atoms. The first kappa shape index (κ1) is 15.7. The number of carbonyl (C=O) groups excluding carboxylic acids is 1. The quantitative estimate of drug-likeness (QED) is 0.747. The largest absolute Gasteiger partial charge is 0.374 e. The molecular formula is C15H29N3O2. The Hall–Kier alpha value is -0.650. The average molecular weight is 283 g/mol. The molecule has 1 atom stereocenters. The predicted molar refractivity (Wildman–Crippen MR) is 79.4 cm³/mol. The summed E-state index contributed by atoms with van der Waals surface area (Å²) >= 11 is 0. The van der Waals surface area contributed by atoms with E-state index < -0.39 is 0 Å². The number of nitrogens with one attached hydrogen (secondary N) is 1. The Balaban J connectivity index is 1.85. The van der Waals surface area contributed by atoms with Gasteiger partial charge in [-0.25, -0.2) is 0 Å². The Bertz CT molecular complexity index is 314. The fraction of sp³-hybridized carbons (Fsp3) is 0.933. The SMILES string of the molecule is CN1CCOC(CNC(=O)C2(CN)CCCCCC2)C1. The van der Waals surface area contributed by atoms with Gasteiger partial charge in [-0.3, -0.25) is 4.79 Å². The summed E-state index contributed by atoms with van der Waals surface area (Å²) in [6.45, 7) is 3.67. The number of likely N-dealkylation sites (N-methyl/N-ethyl adjacent to an activating group) is 1. The fourth-order valence-electron chi connectivity index (χ4n) is 3.31. The lowest BCUT2D eigenvalue weighted by atomic mass is 9.79. The summed E-state index contributed by atoms with van der Waals surface area (Å²) in [7, 11) is 2.09. The van der Waals surface area contributed by atoms with Gasteiger partial charge in [-0.1, -0.05) is 25.7 Å². The Kier molecular flexibility index (Phi) is 5.81. The lowest BCUT2D eigenvalue weighted by molar-refractivity contribution is -0.132. The van der Waals surface area contributed by atoms with Crippen molar-refractivity contribution >= 4 is 5.91 Å². The van der Waals surface area contributed by atoms with Gasteiger partial charge in [0.25, 0.3) is 0 Å². The molecule has 1 unspecified atom stereocenters. The van der Waals surface area contributed by atoms with Gasteiger partial charge in [0, 0.05) is 26.2 Å². The standard InChI is InChI=1S/C15H29N3O2/c1-18-8-9-20-13(11-18)10-17-14(19)15(12-16)6-4-2-3-5-7-15/h13H,2-12,16H2,1H3,(H,17,19). The predicted octanol–water partition coefficient (Wildman–Crippen LogP) is 0.733. The van der Waals surface area contributed by atoms with E-state index in [0.717, 1.165) is 45.4 Å². The monoisotopic (exact) mass is 283 g/mol. The molecule has 3 N–H and O–H groups in total. The van der Waals surface area contributed by atoms with Crippen LogP contribution in [0.25, 0.3) is 0 Å². The molecule has 1 saturated carbocycles. The smallest absolute Gasteiger partial charge is 0.227 e. The molecule has 0 spiro atoms. The first-order chi connectivity index (χ1) is 9.66. The molecule has 1 aliphatic heterocycles. The molecule has 5 nitrogen and oxygen atoms in total. The maximum atomic E-state index is 12.6. The zero-order valence-electron chi connectivity index (χ0n) is 12.7. The Morgan fingerprint density at radius 2 is 2.05 bits per heavy atom. The van der Waals surface area contributed by atoms with E-state index in [9.17, 15) is 4.79 Å². The summed E-state index contributed by atoms with van der Waals surface area (Å²) in [6.07, 6.45) is 6.66. The van der Waals surface area contributed by atoms with Crippen molar-refractivity contribution in [2.75, 3.05) is 39.8 Å². The number of nitrogens with zero attached hydrogens (tertiary/aromatic N) is 1. The Morgan fingerprint density at radius 1 is 1.35 bits per heavy atom. The number of morpholine rings is 1. The third kappa shape index (κ3) is 3.93. The van der Waals surface area contributed by atoms with Crippen molar-refractivity contribution in [2.24, 2.45) is 11.1 Å². The minimum atomic E-state index is -0.336. The van der Waals surface area contributed by atoms with Gasteiger partial charge in [-0.2, -0.15) is 0 Å². The lowest BCUT2D eigenvalue weighted by Gasteiger charge is -2.33. The molecule has 116 valence electrons. The molecule has 1 aliphatic carbocycles. The summed E-state index contributed by atoms with van der Waals surface area (Å²) in [5, 5.41) is 3.09. The third-order valence-corrected chi connectivity index (χ3v) is 4.77. The van der Waals surface area contributed by atoms with Gasteiger partial charge in [0.15, 0.2) is 0 Å². The van der Waals surface area contributed by atoms with E-state index in [2.05, 4.69) is 17.3 Å². The first-order valence-corrected chi connectivity index (χ1v) is 7.95. The first-order valence-electron chi connectivity index (χ1n) is 7.95. The fourth-order valence-corrected chi connectivity index (χ4v) is 3.31. The van der Waals surface area contributed by atoms with Crippen LogP contribution in [-0.4, -0.2) is 56.7 Å². The van der Waals surface area contributed by atoms with Crippen LogP contribution in [0.15, 0.2) is 0 Å². The summed E-state index contributed by atoms with van der Waals surface area (Å²) < 4.78 is 5.69. The van der Waals surface area contributed by atoms with Crippen LogP contribution in [0, 0.1) is 5.41 Å². The van der Waals surface area contributed by atoms with Crippen molar-refractivity contribution in [3.63, 3.8) is 0 Å². The van der Waals surface area contributed by atoms with Crippen LogP contribution in [0.3, 0.4) is 0 Å². The zero-order chi connectivity index (χ0) is 14.4. The van der Waals surface area contributed by atoms with Crippen LogP contribution in [0.4, 0.5) is 0 Å². The van der Waals surface area contributed by atoms with E-state index >= 15 is 0 Å². The van der Waals surface area contributed by atoms with Gasteiger partial charge in [0.1, 0.15) is 0 Å². The second-order valence-electron chi connectivity index (χ2n) is 6.36. The van der Waals surface area contributed by atoms with Gasteiger partial charge in [0.2, 0.25) is 5.91 Å². The summed E-state index contributed by atoms with van der Waals surface area (Å²) in [5.41, 5.74) is 5.60. The topological polar surface area (TPSA) is 67.6 Å². The van der Waals surface area contributed by atoms with Crippen LogP contribution >= 0.6 is 0 Å². The minimum absolute atomic E-state index is 0.110. The van der Waals surface area contributed by atoms with E-state index in [4.69, 9.17) is 10.5 Å². The number of hydrogen-bond acceptors (Lipinski definition) is 4. The molecule has 1 amide bonds. The van der Waals surface area contributed by atoms with Gasteiger partial charge < -0.3 is 20.7 Å². The second kappa shape index (κ2) is 7.38. The molecule has 2 fully saturated rings. The van der Waals surface area contributed by atoms with Crippen LogP contribution in [0.1, 0.15) is 38.5 Å². The highest BCUT2D eigenvalue weighted by Gasteiger charge is 2.37. The molecule has 0 aromatic rings. The van der Waals surface area contributed by atoms with Gasteiger partial charge >= 0.3 is 0 Å². The molecule has 1 saturated heterocycles. The number of hydrogen-bond donors (Lipinski definition) is 2. The summed E-state index contributed by atoms with van der Waals surface area (Å²) in [6, 6.07) is 0. The van der Waals surface area contributed by atoms with Gasteiger partial charge in [-0.15, -0.1) is 0 Å². The zero-order valence-corrected chi connectivity index (χ0v) is 12.7. The molecule has 0 aromatic carbocycles. The second-order valence-corrected chi connectivity index (χ2v) is 6.36. The highest BCUT2D eigenvalue weighted by Crippen LogP contribution is 2.34. The number of rotatable bonds is 4. The summed E-state index contributed by atoms with van der Waals surface area (Å²) in [4.78, 5) is 14.8. The maximum Gasteiger partial charge on any atom is 0.227 e. The normalized spacial score (nSPS) is 27.8. The van der Waals surface area contributed by atoms with E-state index in [0.29, 0.717) is 13.1 Å². The Labute approximate surface area is 122 Å². The number of amides is 1. The summed E-state index contributed by atoms with van der Waals surface area (Å²) in [5.74, 6) is 0.138. The van der Waals surface area contributed by atoms with Crippen molar-refractivity contribution in [2.45, 2.75) is 44.6 Å². The highest BCUT2D eigenvalue weighted by molar-refractivity contribution is 5.82. The number of carbonyl (C=O) groups is 1. The van der Waals surface area contributed by atoms with Crippen molar-refractivity contribution in [1.82, 2.24) is 10.2 Å². The molecule has 0 aromatic heterocycles. The number of ether oxygens (including phenoxy) is 1. The molecule has 20 heavy (non-hydrogen) atoms. The molecule has 2 rings (SSSR count). The molecule has 1 heterocycles. The van der Waals surface area contributed by atoms with Crippen LogP contribution in [0.5, 0.6) is 0 Å². The highest BCUT2D eigenvalue weighted by atomic mass is 16.5. The van der Waals surface area contributed by atoms with Gasteiger partial charge in [-0.05, 0) is 19.9 Å². The molecule has 5 heteroatoms. The van der Waals surface area contributed by atoms with Crippen LogP contribution in [-0.2, 0) is 9.53 Å². The van der Waals surface area contributed by atoms with E-state index in [1.807, 2.05) is 0 Å². The lowest BCUT2D eigenvalue weighted by Crippen LogP contribution is -2.51. The molecule has 0 radical (unpaired) electrons. The third-order valence-electron chi connectivity index (χ3n) is 4.77. The maximum absolute atomic E-state index is 12.6.